The monoisotopic (exact) mass is 322 g/mol. The number of terminal acetylenes is 1. The fraction of sp³-hybridized carbons (Fsp3) is 0.267. The zero-order valence-electron chi connectivity index (χ0n) is 11.8. The smallest absolute Gasteiger partial charge is 0.238 e. The Balaban J connectivity index is 2.07. The average molecular weight is 322 g/mol. The molecule has 0 radical (unpaired) electrons. The lowest BCUT2D eigenvalue weighted by Crippen LogP contribution is -2.51. The summed E-state index contributed by atoms with van der Waals surface area (Å²) in [5.74, 6) is 1.66. The highest BCUT2D eigenvalue weighted by atomic mass is 32.2. The van der Waals surface area contributed by atoms with Crippen molar-refractivity contribution < 1.29 is 17.6 Å². The van der Waals surface area contributed by atoms with Crippen LogP contribution < -0.4 is 0 Å². The van der Waals surface area contributed by atoms with Crippen molar-refractivity contribution in [1.82, 2.24) is 9.21 Å². The highest BCUT2D eigenvalue weighted by Crippen LogP contribution is 2.12. The Morgan fingerprint density at radius 2 is 1.95 bits per heavy atom. The van der Waals surface area contributed by atoms with Crippen LogP contribution in [-0.2, 0) is 14.8 Å². The van der Waals surface area contributed by atoms with Crippen molar-refractivity contribution >= 4 is 22.0 Å². The van der Waals surface area contributed by atoms with Crippen LogP contribution in [0.15, 0.2) is 29.7 Å². The minimum absolute atomic E-state index is 0.179. The summed E-state index contributed by atoms with van der Waals surface area (Å²) in [5.41, 5.74) is 0.558. The number of nitrogens with zero attached hydrogens (tertiary/aromatic N) is 2. The SMILES string of the molecule is C#CCN1CCN(S(=O)(=O)/C=C/c2ccc(F)cc2)CC1=O. The van der Waals surface area contributed by atoms with Gasteiger partial charge in [0.1, 0.15) is 5.82 Å². The zero-order valence-corrected chi connectivity index (χ0v) is 12.6. The van der Waals surface area contributed by atoms with E-state index in [0.29, 0.717) is 5.56 Å². The van der Waals surface area contributed by atoms with Crippen LogP contribution in [0.25, 0.3) is 6.08 Å². The molecular formula is C15H15FN2O3S. The molecule has 1 aromatic rings. The Morgan fingerprint density at radius 3 is 2.55 bits per heavy atom. The summed E-state index contributed by atoms with van der Waals surface area (Å²) in [5, 5.41) is 1.02. The summed E-state index contributed by atoms with van der Waals surface area (Å²) < 4.78 is 38.3. The Labute approximate surface area is 129 Å². The molecule has 0 spiro atoms. The first-order valence-electron chi connectivity index (χ1n) is 6.57. The second-order valence-electron chi connectivity index (χ2n) is 4.75. The number of carbonyl (C=O) groups is 1. The van der Waals surface area contributed by atoms with Gasteiger partial charge in [-0.1, -0.05) is 18.1 Å². The van der Waals surface area contributed by atoms with Crippen LogP contribution in [0, 0.1) is 18.2 Å². The summed E-state index contributed by atoms with van der Waals surface area (Å²) >= 11 is 0. The standard InChI is InChI=1S/C15H15FN2O3S/c1-2-8-17-9-10-18(12-15(17)19)22(20,21)11-7-13-3-5-14(16)6-4-13/h1,3-7,11H,8-10,12H2/b11-7+. The van der Waals surface area contributed by atoms with E-state index in [1.54, 1.807) is 0 Å². The van der Waals surface area contributed by atoms with E-state index in [1.807, 2.05) is 0 Å². The van der Waals surface area contributed by atoms with Gasteiger partial charge in [0.2, 0.25) is 15.9 Å². The van der Waals surface area contributed by atoms with Crippen LogP contribution >= 0.6 is 0 Å². The van der Waals surface area contributed by atoms with Crippen molar-refractivity contribution in [3.63, 3.8) is 0 Å². The van der Waals surface area contributed by atoms with Gasteiger partial charge in [-0.3, -0.25) is 4.79 Å². The van der Waals surface area contributed by atoms with E-state index in [9.17, 15) is 17.6 Å². The fourth-order valence-electron chi connectivity index (χ4n) is 2.01. The molecule has 0 aromatic heterocycles. The number of rotatable bonds is 4. The lowest BCUT2D eigenvalue weighted by Gasteiger charge is -2.31. The van der Waals surface area contributed by atoms with Gasteiger partial charge in [0.25, 0.3) is 0 Å². The summed E-state index contributed by atoms with van der Waals surface area (Å²) in [6.45, 7) is 0.423. The van der Waals surface area contributed by atoms with E-state index in [0.717, 1.165) is 9.71 Å². The van der Waals surface area contributed by atoms with Gasteiger partial charge < -0.3 is 4.90 Å². The summed E-state index contributed by atoms with van der Waals surface area (Å²) in [4.78, 5) is 13.3. The first-order chi connectivity index (χ1) is 10.4. The number of carbonyl (C=O) groups excluding carboxylic acids is 1. The molecule has 1 fully saturated rings. The van der Waals surface area contributed by atoms with Gasteiger partial charge in [-0.25, -0.2) is 12.8 Å². The highest BCUT2D eigenvalue weighted by molar-refractivity contribution is 7.92. The third kappa shape index (κ3) is 3.93. The number of hydrogen-bond acceptors (Lipinski definition) is 3. The minimum Gasteiger partial charge on any atom is -0.329 e. The van der Waals surface area contributed by atoms with Crippen molar-refractivity contribution in [3.8, 4) is 12.3 Å². The average Bonchev–Trinajstić information content (AvgIpc) is 2.49. The van der Waals surface area contributed by atoms with Crippen LogP contribution in [0.3, 0.4) is 0 Å². The molecule has 0 atom stereocenters. The van der Waals surface area contributed by atoms with E-state index < -0.39 is 15.8 Å². The predicted octanol–water partition coefficient (Wildman–Crippen LogP) is 0.904. The number of piperazine rings is 1. The number of amides is 1. The normalized spacial score (nSPS) is 16.9. The number of sulfonamides is 1. The van der Waals surface area contributed by atoms with E-state index >= 15 is 0 Å². The fourth-order valence-corrected chi connectivity index (χ4v) is 3.13. The second-order valence-corrected chi connectivity index (χ2v) is 6.57. The van der Waals surface area contributed by atoms with E-state index in [2.05, 4.69) is 5.92 Å². The van der Waals surface area contributed by atoms with Gasteiger partial charge >= 0.3 is 0 Å². The first kappa shape index (κ1) is 16.2. The third-order valence-corrected chi connectivity index (χ3v) is 4.74. The lowest BCUT2D eigenvalue weighted by atomic mass is 10.2. The molecule has 0 aliphatic carbocycles. The van der Waals surface area contributed by atoms with E-state index in [4.69, 9.17) is 6.42 Å². The molecule has 5 nitrogen and oxygen atoms in total. The molecule has 1 heterocycles. The number of benzene rings is 1. The van der Waals surface area contributed by atoms with Crippen LogP contribution in [0.4, 0.5) is 4.39 Å². The van der Waals surface area contributed by atoms with E-state index in [1.165, 1.54) is 35.2 Å². The van der Waals surface area contributed by atoms with Crippen LogP contribution in [-0.4, -0.2) is 49.7 Å². The molecule has 0 N–H and O–H groups in total. The zero-order chi connectivity index (χ0) is 16.2. The summed E-state index contributed by atoms with van der Waals surface area (Å²) in [7, 11) is -3.70. The van der Waals surface area contributed by atoms with Crippen molar-refractivity contribution in [3.05, 3.63) is 41.1 Å². The second kappa shape index (κ2) is 6.73. The molecule has 1 aromatic carbocycles. The number of halogens is 1. The largest absolute Gasteiger partial charge is 0.329 e. The van der Waals surface area contributed by atoms with Crippen molar-refractivity contribution in [1.29, 1.82) is 0 Å². The molecule has 1 aliphatic rings. The van der Waals surface area contributed by atoms with Gasteiger partial charge in [0.15, 0.2) is 0 Å². The summed E-state index contributed by atoms with van der Waals surface area (Å²) in [6, 6.07) is 5.43. The van der Waals surface area contributed by atoms with Crippen LogP contribution in [0.1, 0.15) is 5.56 Å². The van der Waals surface area contributed by atoms with Crippen molar-refractivity contribution in [2.24, 2.45) is 0 Å². The molecule has 116 valence electrons. The topological polar surface area (TPSA) is 57.7 Å². The van der Waals surface area contributed by atoms with Gasteiger partial charge in [0, 0.05) is 18.5 Å². The molecule has 22 heavy (non-hydrogen) atoms. The Kier molecular flexibility index (Phi) is 4.96. The van der Waals surface area contributed by atoms with Gasteiger partial charge in [-0.15, -0.1) is 6.42 Å². The minimum atomic E-state index is -3.70. The molecule has 7 heteroatoms. The van der Waals surface area contributed by atoms with Gasteiger partial charge in [-0.05, 0) is 23.8 Å². The van der Waals surface area contributed by atoms with Crippen molar-refractivity contribution in [2.45, 2.75) is 0 Å². The maximum Gasteiger partial charge on any atom is 0.238 e. The third-order valence-electron chi connectivity index (χ3n) is 3.23. The predicted molar refractivity (Wildman–Crippen MR) is 81.3 cm³/mol. The summed E-state index contributed by atoms with van der Waals surface area (Å²) in [6.07, 6.45) is 6.52. The van der Waals surface area contributed by atoms with Crippen LogP contribution in [0.2, 0.25) is 0 Å². The molecule has 0 unspecified atom stereocenters. The maximum atomic E-state index is 12.8. The Hall–Kier alpha value is -2.17. The van der Waals surface area contributed by atoms with E-state index in [-0.39, 0.29) is 32.1 Å². The molecular weight excluding hydrogens is 307 g/mol. The van der Waals surface area contributed by atoms with Crippen molar-refractivity contribution in [2.75, 3.05) is 26.2 Å². The molecule has 1 aliphatic heterocycles. The Bertz CT molecular complexity index is 720. The quantitative estimate of drug-likeness (QED) is 0.774. The Morgan fingerprint density at radius 1 is 1.27 bits per heavy atom. The first-order valence-corrected chi connectivity index (χ1v) is 8.08. The highest BCUT2D eigenvalue weighted by Gasteiger charge is 2.29. The van der Waals surface area contributed by atoms with Crippen LogP contribution in [0.5, 0.6) is 0 Å². The van der Waals surface area contributed by atoms with Gasteiger partial charge in [-0.2, -0.15) is 4.31 Å². The molecule has 0 saturated carbocycles. The molecule has 1 amide bonds. The maximum absolute atomic E-state index is 12.8. The van der Waals surface area contributed by atoms with Gasteiger partial charge in [0.05, 0.1) is 13.1 Å². The number of hydrogen-bond donors (Lipinski definition) is 0. The molecule has 1 saturated heterocycles. The molecule has 2 rings (SSSR count). The molecule has 0 bridgehead atoms. The lowest BCUT2D eigenvalue weighted by molar-refractivity contribution is -0.133.